The lowest BCUT2D eigenvalue weighted by atomic mass is 9.85. The molecule has 2 aromatic carbocycles. The third kappa shape index (κ3) is 4.47. The van der Waals surface area contributed by atoms with Gasteiger partial charge in [0.15, 0.2) is 18.2 Å². The highest BCUT2D eigenvalue weighted by Gasteiger charge is 2.31. The lowest BCUT2D eigenvalue weighted by molar-refractivity contribution is 0.593. The molecule has 0 saturated heterocycles. The van der Waals surface area contributed by atoms with Crippen molar-refractivity contribution in [3.05, 3.63) is 58.7 Å². The minimum Gasteiger partial charge on any atom is -0.0613 e. The van der Waals surface area contributed by atoms with Crippen LogP contribution in [0.2, 0.25) is 0 Å². The van der Waals surface area contributed by atoms with E-state index in [2.05, 4.69) is 91.8 Å². The summed E-state index contributed by atoms with van der Waals surface area (Å²) in [6.45, 7) is 18.4. The van der Waals surface area contributed by atoms with Crippen molar-refractivity contribution >= 4 is 24.5 Å². The molecule has 0 amide bonds. The summed E-state index contributed by atoms with van der Waals surface area (Å²) in [6, 6.07) is 14.1. The van der Waals surface area contributed by atoms with Crippen LogP contribution in [-0.2, 0) is 23.7 Å². The molecule has 0 nitrogen and oxygen atoms in total. The Kier molecular flexibility index (Phi) is 6.19. The maximum Gasteiger partial charge on any atom is 0.163 e. The van der Waals surface area contributed by atoms with Crippen molar-refractivity contribution in [2.75, 3.05) is 0 Å². The van der Waals surface area contributed by atoms with E-state index < -0.39 is 7.55 Å². The fourth-order valence-electron chi connectivity index (χ4n) is 3.41. The molecular weight excluding hydrogens is 331 g/mol. The molecule has 1 heteroatoms. The zero-order chi connectivity index (χ0) is 19.7. The second-order valence-electron chi connectivity index (χ2n) is 9.34. The van der Waals surface area contributed by atoms with E-state index in [-0.39, 0.29) is 10.8 Å². The first kappa shape index (κ1) is 20.9. The smallest absolute Gasteiger partial charge is 0.0613 e. The highest BCUT2D eigenvalue weighted by atomic mass is 31.1. The van der Waals surface area contributed by atoms with Gasteiger partial charge in [-0.3, -0.25) is 0 Å². The molecule has 0 radical (unpaired) electrons. The molecule has 0 N–H and O–H groups in total. The van der Waals surface area contributed by atoms with Gasteiger partial charge < -0.3 is 0 Å². The van der Waals surface area contributed by atoms with E-state index >= 15 is 0 Å². The topological polar surface area (TPSA) is 0 Å². The second-order valence-corrected chi connectivity index (χ2v) is 11.2. The molecular formula is C25H36P+. The lowest BCUT2D eigenvalue weighted by Gasteiger charge is -2.23. The normalized spacial score (nSPS) is 12.3. The van der Waals surface area contributed by atoms with Crippen LogP contribution < -0.4 is 10.6 Å². The Morgan fingerprint density at radius 1 is 0.692 bits per heavy atom. The lowest BCUT2D eigenvalue weighted by Crippen LogP contribution is -2.27. The summed E-state index contributed by atoms with van der Waals surface area (Å²) < 4.78 is 0. The van der Waals surface area contributed by atoms with Gasteiger partial charge >= 0.3 is 0 Å². The van der Waals surface area contributed by atoms with Crippen LogP contribution in [0.3, 0.4) is 0 Å². The Morgan fingerprint density at radius 2 is 1.04 bits per heavy atom. The molecule has 0 aliphatic carbocycles. The van der Waals surface area contributed by atoms with Crippen molar-refractivity contribution in [3.63, 3.8) is 0 Å². The third-order valence-corrected chi connectivity index (χ3v) is 7.08. The summed E-state index contributed by atoms with van der Waals surface area (Å²) in [5, 5.41) is 2.86. The fraction of sp³-hybridized carbons (Fsp3) is 0.480. The number of hydrogen-bond acceptors (Lipinski definition) is 0. The van der Waals surface area contributed by atoms with Crippen molar-refractivity contribution in [2.45, 2.75) is 79.1 Å². The molecule has 26 heavy (non-hydrogen) atoms. The minimum atomic E-state index is -0.626. The van der Waals surface area contributed by atoms with Gasteiger partial charge in [-0.15, -0.1) is 0 Å². The predicted octanol–water partition coefficient (Wildman–Crippen LogP) is 6.27. The fourth-order valence-corrected chi connectivity index (χ4v) is 5.56. The zero-order valence-corrected chi connectivity index (χ0v) is 18.9. The zero-order valence-electron chi connectivity index (χ0n) is 18.0. The van der Waals surface area contributed by atoms with Crippen molar-refractivity contribution < 1.29 is 0 Å². The molecule has 2 rings (SSSR count). The largest absolute Gasteiger partial charge is 0.163 e. The first-order chi connectivity index (χ1) is 12.0. The molecule has 140 valence electrons. The summed E-state index contributed by atoms with van der Waals surface area (Å²) in [6.07, 6.45) is 6.86. The summed E-state index contributed by atoms with van der Waals surface area (Å²) in [7, 11) is -0.626. The van der Waals surface area contributed by atoms with E-state index in [0.29, 0.717) is 0 Å². The first-order valence-corrected chi connectivity index (χ1v) is 11.4. The number of benzene rings is 2. The van der Waals surface area contributed by atoms with Crippen molar-refractivity contribution in [1.82, 2.24) is 0 Å². The van der Waals surface area contributed by atoms with Crippen LogP contribution in [0.1, 0.15) is 77.6 Å². The SMILES string of the molecule is C=[P+](c1ccc(CC)cc1C(C)(C)C)c1ccc(CC)cc1C(C)(C)C. The summed E-state index contributed by atoms with van der Waals surface area (Å²) in [5.74, 6) is 0. The number of aryl methyl sites for hydroxylation is 2. The molecule has 0 saturated carbocycles. The Balaban J connectivity index is 2.67. The van der Waals surface area contributed by atoms with Crippen LogP contribution in [0.5, 0.6) is 0 Å². The first-order valence-electron chi connectivity index (χ1n) is 9.86. The van der Waals surface area contributed by atoms with Crippen LogP contribution in [-0.4, -0.2) is 6.30 Å². The van der Waals surface area contributed by atoms with Crippen LogP contribution >= 0.6 is 7.55 Å². The van der Waals surface area contributed by atoms with E-state index in [1.165, 1.54) is 32.9 Å². The van der Waals surface area contributed by atoms with Gasteiger partial charge in [0.2, 0.25) is 0 Å². The Hall–Kier alpha value is -1.39. The summed E-state index contributed by atoms with van der Waals surface area (Å²) in [4.78, 5) is 0. The van der Waals surface area contributed by atoms with Crippen LogP contribution in [0.4, 0.5) is 0 Å². The average Bonchev–Trinajstić information content (AvgIpc) is 2.58. The molecule has 2 aromatic rings. The molecule has 0 aliphatic rings. The van der Waals surface area contributed by atoms with Crippen molar-refractivity contribution in [2.24, 2.45) is 0 Å². The standard InChI is InChI=1S/C25H36P/c1-10-18-12-14-22(20(16-18)24(3,4)5)26(9)23-15-13-19(11-2)17-21(23)25(6,7)8/h12-17H,9-11H2,1-8H3/q+1. The van der Waals surface area contributed by atoms with Gasteiger partial charge in [-0.05, 0) is 46.9 Å². The maximum atomic E-state index is 4.70. The van der Waals surface area contributed by atoms with Gasteiger partial charge in [0.05, 0.1) is 6.30 Å². The van der Waals surface area contributed by atoms with E-state index in [1.54, 1.807) is 0 Å². The van der Waals surface area contributed by atoms with Crippen LogP contribution in [0.25, 0.3) is 0 Å². The second kappa shape index (κ2) is 7.69. The van der Waals surface area contributed by atoms with Gasteiger partial charge in [-0.25, -0.2) is 0 Å². The molecule has 0 aliphatic heterocycles. The van der Waals surface area contributed by atoms with Crippen LogP contribution in [0.15, 0.2) is 36.4 Å². The Morgan fingerprint density at radius 3 is 1.31 bits per heavy atom. The number of hydrogen-bond donors (Lipinski definition) is 0. The van der Waals surface area contributed by atoms with E-state index in [9.17, 15) is 0 Å². The van der Waals surface area contributed by atoms with E-state index in [4.69, 9.17) is 6.30 Å². The molecule has 0 atom stereocenters. The highest BCUT2D eigenvalue weighted by molar-refractivity contribution is 7.71. The quantitative estimate of drug-likeness (QED) is 0.559. The highest BCUT2D eigenvalue weighted by Crippen LogP contribution is 2.34. The summed E-state index contributed by atoms with van der Waals surface area (Å²) in [5.41, 5.74) is 6.00. The monoisotopic (exact) mass is 367 g/mol. The Bertz CT molecular complexity index is 730. The molecule has 0 aromatic heterocycles. The Labute approximate surface area is 162 Å². The van der Waals surface area contributed by atoms with Gasteiger partial charge in [-0.2, -0.15) is 0 Å². The van der Waals surface area contributed by atoms with E-state index in [1.807, 2.05) is 0 Å². The molecule has 0 bridgehead atoms. The van der Waals surface area contributed by atoms with Crippen molar-refractivity contribution in [1.29, 1.82) is 0 Å². The number of rotatable bonds is 4. The van der Waals surface area contributed by atoms with Gasteiger partial charge in [0.1, 0.15) is 0 Å². The van der Waals surface area contributed by atoms with Crippen LogP contribution in [0, 0.1) is 0 Å². The molecule has 0 fully saturated rings. The molecule has 0 spiro atoms. The third-order valence-electron chi connectivity index (χ3n) is 5.14. The van der Waals surface area contributed by atoms with Crippen molar-refractivity contribution in [3.8, 4) is 0 Å². The maximum absolute atomic E-state index is 4.70. The van der Waals surface area contributed by atoms with Gasteiger partial charge in [0.25, 0.3) is 0 Å². The van der Waals surface area contributed by atoms with Gasteiger partial charge in [0, 0.05) is 11.1 Å². The van der Waals surface area contributed by atoms with E-state index in [0.717, 1.165) is 12.8 Å². The van der Waals surface area contributed by atoms with Gasteiger partial charge in [-0.1, -0.05) is 79.7 Å². The minimum absolute atomic E-state index is 0.129. The molecule has 0 heterocycles. The molecule has 0 unspecified atom stereocenters. The predicted molar refractivity (Wildman–Crippen MR) is 122 cm³/mol. The average molecular weight is 368 g/mol. The summed E-state index contributed by atoms with van der Waals surface area (Å²) >= 11 is 0.